The minimum Gasteiger partial charge on any atom is -0.341 e. The van der Waals surface area contributed by atoms with Gasteiger partial charge in [-0.05, 0) is 42.2 Å². The summed E-state index contributed by atoms with van der Waals surface area (Å²) < 4.78 is 38.8. The molecule has 0 bridgehead atoms. The van der Waals surface area contributed by atoms with Gasteiger partial charge in [0.1, 0.15) is 0 Å². The average Bonchev–Trinajstić information content (AvgIpc) is 3.19. The van der Waals surface area contributed by atoms with Crippen LogP contribution in [-0.4, -0.2) is 47.9 Å². The molecule has 1 heterocycles. The minimum absolute atomic E-state index is 0.0167. The number of carbonyl (C=O) groups is 1. The van der Waals surface area contributed by atoms with Crippen LogP contribution in [0.25, 0.3) is 0 Å². The van der Waals surface area contributed by atoms with E-state index in [4.69, 9.17) is 5.73 Å². The number of amides is 1. The summed E-state index contributed by atoms with van der Waals surface area (Å²) in [4.78, 5) is 16.7. The van der Waals surface area contributed by atoms with Crippen LogP contribution in [0, 0.1) is 17.8 Å². The van der Waals surface area contributed by atoms with Crippen LogP contribution < -0.4 is 5.73 Å². The van der Waals surface area contributed by atoms with Crippen molar-refractivity contribution in [1.82, 2.24) is 9.80 Å². The zero-order valence-corrected chi connectivity index (χ0v) is 16.7. The molecule has 156 valence electrons. The molecule has 1 aromatic carbocycles. The molecule has 4 nitrogen and oxygen atoms in total. The molecule has 0 spiro atoms. The van der Waals surface area contributed by atoms with E-state index >= 15 is 0 Å². The summed E-state index contributed by atoms with van der Waals surface area (Å²) in [5.41, 5.74) is 6.13. The van der Waals surface area contributed by atoms with Crippen LogP contribution in [0.5, 0.6) is 0 Å². The molecule has 2 aliphatic rings. The molecular formula is C21H30F3N3O. The van der Waals surface area contributed by atoms with Crippen molar-refractivity contribution in [3.8, 4) is 0 Å². The van der Waals surface area contributed by atoms with Gasteiger partial charge in [-0.2, -0.15) is 13.2 Å². The molecule has 0 radical (unpaired) electrons. The van der Waals surface area contributed by atoms with Crippen LogP contribution in [0.4, 0.5) is 13.2 Å². The lowest BCUT2D eigenvalue weighted by Crippen LogP contribution is -2.50. The lowest BCUT2D eigenvalue weighted by molar-refractivity contribution is -0.137. The number of carbonyl (C=O) groups excluding carboxylic acids is 1. The van der Waals surface area contributed by atoms with Crippen LogP contribution in [-0.2, 0) is 17.5 Å². The van der Waals surface area contributed by atoms with Gasteiger partial charge in [-0.15, -0.1) is 0 Å². The van der Waals surface area contributed by atoms with Crippen molar-refractivity contribution in [3.63, 3.8) is 0 Å². The highest BCUT2D eigenvalue weighted by atomic mass is 19.4. The number of hydrogen-bond donors (Lipinski definition) is 1. The molecule has 7 heteroatoms. The number of hydrogen-bond acceptors (Lipinski definition) is 3. The Bertz CT molecular complexity index is 706. The fraction of sp³-hybridized carbons (Fsp3) is 0.667. The van der Waals surface area contributed by atoms with E-state index in [0.29, 0.717) is 23.9 Å². The summed E-state index contributed by atoms with van der Waals surface area (Å²) in [6.45, 7) is 6.07. The summed E-state index contributed by atoms with van der Waals surface area (Å²) in [6.07, 6.45) is -2.30. The van der Waals surface area contributed by atoms with E-state index < -0.39 is 17.8 Å². The number of nitrogens with two attached hydrogens (primary N) is 1. The van der Waals surface area contributed by atoms with Crippen LogP contribution in [0.2, 0.25) is 0 Å². The molecule has 2 N–H and O–H groups in total. The topological polar surface area (TPSA) is 49.6 Å². The second kappa shape index (κ2) is 8.03. The highest BCUT2D eigenvalue weighted by Gasteiger charge is 2.45. The number of nitrogens with zero attached hydrogens (tertiary/aromatic N) is 2. The standard InChI is InChI=1S/C21H30F3N3O/c1-13(2)19(25)20(28)26(3)18-8-7-15-11-27(12-17(15)18)10-14-5-4-6-16(9-14)21(22,23)24/h4-6,9,13,15,17-19H,7-8,10-12,25H2,1-3H3/t15-,17?,18?,19-/m0/s1. The van der Waals surface area contributed by atoms with E-state index in [1.54, 1.807) is 6.07 Å². The fourth-order valence-corrected chi connectivity index (χ4v) is 4.73. The van der Waals surface area contributed by atoms with Crippen molar-refractivity contribution in [2.45, 2.75) is 51.5 Å². The van der Waals surface area contributed by atoms with E-state index in [9.17, 15) is 18.0 Å². The summed E-state index contributed by atoms with van der Waals surface area (Å²) in [5.74, 6) is 0.922. The van der Waals surface area contributed by atoms with Gasteiger partial charge in [0.05, 0.1) is 11.6 Å². The Morgan fingerprint density at radius 1 is 1.29 bits per heavy atom. The van der Waals surface area contributed by atoms with Crippen molar-refractivity contribution < 1.29 is 18.0 Å². The summed E-state index contributed by atoms with van der Waals surface area (Å²) in [5, 5.41) is 0. The number of rotatable bonds is 5. The van der Waals surface area contributed by atoms with Crippen LogP contribution >= 0.6 is 0 Å². The monoisotopic (exact) mass is 397 g/mol. The Labute approximate surface area is 164 Å². The SMILES string of the molecule is CC(C)[C@H](N)C(=O)N(C)C1CC[C@H]2CN(Cc3cccc(C(F)(F)F)c3)CC12. The summed E-state index contributed by atoms with van der Waals surface area (Å²) in [7, 11) is 1.84. The molecule has 1 saturated heterocycles. The van der Waals surface area contributed by atoms with Gasteiger partial charge in [-0.1, -0.05) is 32.0 Å². The third-order valence-corrected chi connectivity index (χ3v) is 6.40. The van der Waals surface area contributed by atoms with Crippen molar-refractivity contribution in [2.75, 3.05) is 20.1 Å². The first-order valence-electron chi connectivity index (χ1n) is 9.98. The molecule has 2 fully saturated rings. The van der Waals surface area contributed by atoms with Crippen LogP contribution in [0.1, 0.15) is 37.8 Å². The van der Waals surface area contributed by atoms with E-state index in [0.717, 1.165) is 32.0 Å². The van der Waals surface area contributed by atoms with Crippen molar-refractivity contribution >= 4 is 5.91 Å². The lowest BCUT2D eigenvalue weighted by atomic mass is 9.95. The Hall–Kier alpha value is -1.60. The molecule has 1 aromatic rings. The second-order valence-corrected chi connectivity index (χ2v) is 8.68. The van der Waals surface area contributed by atoms with E-state index in [-0.39, 0.29) is 17.9 Å². The zero-order chi connectivity index (χ0) is 20.6. The second-order valence-electron chi connectivity index (χ2n) is 8.68. The molecule has 1 amide bonds. The molecule has 1 saturated carbocycles. The van der Waals surface area contributed by atoms with E-state index in [1.165, 1.54) is 12.1 Å². The largest absolute Gasteiger partial charge is 0.416 e. The van der Waals surface area contributed by atoms with Crippen LogP contribution in [0.3, 0.4) is 0 Å². The van der Waals surface area contributed by atoms with Crippen molar-refractivity contribution in [3.05, 3.63) is 35.4 Å². The smallest absolute Gasteiger partial charge is 0.341 e. The molecule has 4 atom stereocenters. The quantitative estimate of drug-likeness (QED) is 0.829. The normalized spacial score (nSPS) is 26.5. The predicted octanol–water partition coefficient (Wildman–Crippen LogP) is 3.36. The number of likely N-dealkylation sites (tertiary alicyclic amines) is 1. The van der Waals surface area contributed by atoms with Gasteiger partial charge in [0.25, 0.3) is 0 Å². The number of likely N-dealkylation sites (N-methyl/N-ethyl adjacent to an activating group) is 1. The first-order chi connectivity index (χ1) is 13.1. The maximum atomic E-state index is 12.9. The van der Waals surface area contributed by atoms with Crippen LogP contribution in [0.15, 0.2) is 24.3 Å². The molecule has 1 aliphatic carbocycles. The van der Waals surface area contributed by atoms with Gasteiger partial charge >= 0.3 is 6.18 Å². The number of benzene rings is 1. The van der Waals surface area contributed by atoms with Gasteiger partial charge in [0, 0.05) is 32.7 Å². The maximum absolute atomic E-state index is 12.9. The summed E-state index contributed by atoms with van der Waals surface area (Å²) >= 11 is 0. The summed E-state index contributed by atoms with van der Waals surface area (Å²) in [6, 6.07) is 5.23. The van der Waals surface area contributed by atoms with Crippen molar-refractivity contribution in [2.24, 2.45) is 23.5 Å². The Morgan fingerprint density at radius 3 is 2.64 bits per heavy atom. The van der Waals surface area contributed by atoms with Crippen molar-refractivity contribution in [1.29, 1.82) is 0 Å². The highest BCUT2D eigenvalue weighted by Crippen LogP contribution is 2.41. The predicted molar refractivity (Wildman–Crippen MR) is 102 cm³/mol. The van der Waals surface area contributed by atoms with Gasteiger partial charge < -0.3 is 10.6 Å². The minimum atomic E-state index is -4.32. The average molecular weight is 397 g/mol. The number of halogens is 3. The Kier molecular flexibility index (Phi) is 6.05. The van der Waals surface area contributed by atoms with E-state index in [2.05, 4.69) is 4.90 Å². The molecule has 28 heavy (non-hydrogen) atoms. The van der Waals surface area contributed by atoms with Gasteiger partial charge in [0.15, 0.2) is 0 Å². The molecule has 0 aromatic heterocycles. The number of fused-ring (bicyclic) bond motifs is 1. The molecule has 3 rings (SSSR count). The molecular weight excluding hydrogens is 367 g/mol. The molecule has 2 unspecified atom stereocenters. The Balaban J connectivity index is 1.64. The molecule has 1 aliphatic heterocycles. The van der Waals surface area contributed by atoms with Gasteiger partial charge in [0.2, 0.25) is 5.91 Å². The third kappa shape index (κ3) is 4.35. The first-order valence-corrected chi connectivity index (χ1v) is 9.98. The van der Waals surface area contributed by atoms with E-state index in [1.807, 2.05) is 25.8 Å². The third-order valence-electron chi connectivity index (χ3n) is 6.40. The Morgan fingerprint density at radius 2 is 2.00 bits per heavy atom. The fourth-order valence-electron chi connectivity index (χ4n) is 4.73. The first kappa shape index (κ1) is 21.1. The zero-order valence-electron chi connectivity index (χ0n) is 16.7. The lowest BCUT2D eigenvalue weighted by Gasteiger charge is -2.32. The number of alkyl halides is 3. The highest BCUT2D eigenvalue weighted by molar-refractivity contribution is 5.82. The van der Waals surface area contributed by atoms with Gasteiger partial charge in [-0.3, -0.25) is 9.69 Å². The van der Waals surface area contributed by atoms with Gasteiger partial charge in [-0.25, -0.2) is 0 Å². The maximum Gasteiger partial charge on any atom is 0.416 e.